The maximum atomic E-state index is 11.5. The van der Waals surface area contributed by atoms with Gasteiger partial charge < -0.3 is 20.1 Å². The van der Waals surface area contributed by atoms with Crippen LogP contribution in [0.2, 0.25) is 0 Å². The van der Waals surface area contributed by atoms with Crippen LogP contribution in [0.15, 0.2) is 12.4 Å². The normalized spacial score (nSPS) is 18.8. The van der Waals surface area contributed by atoms with E-state index in [-0.39, 0.29) is 12.1 Å². The van der Waals surface area contributed by atoms with E-state index < -0.39 is 0 Å². The maximum Gasteiger partial charge on any atom is 0.319 e. The first-order valence-corrected chi connectivity index (χ1v) is 5.95. The van der Waals surface area contributed by atoms with Crippen LogP contribution in [-0.4, -0.2) is 49.3 Å². The van der Waals surface area contributed by atoms with Crippen LogP contribution in [0.4, 0.5) is 10.5 Å². The Hall–Kier alpha value is -1.60. The summed E-state index contributed by atoms with van der Waals surface area (Å²) < 4.78 is 12.0. The first kappa shape index (κ1) is 12.8. The number of nitrogens with zero attached hydrogens (tertiary/aromatic N) is 2. The lowest BCUT2D eigenvalue weighted by atomic mass is 10.3. The summed E-state index contributed by atoms with van der Waals surface area (Å²) in [6, 6.07) is 0.0198. The summed E-state index contributed by atoms with van der Waals surface area (Å²) in [5.41, 5.74) is 0.678. The van der Waals surface area contributed by atoms with Crippen LogP contribution in [0.1, 0.15) is 12.5 Å². The van der Waals surface area contributed by atoms with Gasteiger partial charge in [-0.15, -0.1) is 0 Å². The van der Waals surface area contributed by atoms with Gasteiger partial charge in [0.25, 0.3) is 0 Å². The van der Waals surface area contributed by atoms with Crippen molar-refractivity contribution in [2.24, 2.45) is 0 Å². The Labute approximate surface area is 105 Å². The van der Waals surface area contributed by atoms with Gasteiger partial charge in [-0.05, 0) is 6.42 Å². The lowest BCUT2D eigenvalue weighted by Crippen LogP contribution is -2.31. The Balaban J connectivity index is 1.80. The lowest BCUT2D eigenvalue weighted by Gasteiger charge is -2.07. The molecule has 0 radical (unpaired) electrons. The number of carbonyl (C=O) groups excluding carboxylic acids is 1. The molecule has 1 fully saturated rings. The number of rotatable bonds is 5. The van der Waals surface area contributed by atoms with Gasteiger partial charge in [0.05, 0.1) is 31.1 Å². The molecule has 100 valence electrons. The molecule has 1 unspecified atom stereocenters. The van der Waals surface area contributed by atoms with E-state index in [0.29, 0.717) is 25.4 Å². The summed E-state index contributed by atoms with van der Waals surface area (Å²) in [5.74, 6) is 0. The third-order valence-electron chi connectivity index (χ3n) is 2.73. The molecule has 2 N–H and O–H groups in total. The Morgan fingerprint density at radius 2 is 2.61 bits per heavy atom. The molecule has 1 saturated heterocycles. The molecule has 1 aliphatic rings. The van der Waals surface area contributed by atoms with Crippen LogP contribution in [0.25, 0.3) is 0 Å². The second kappa shape index (κ2) is 6.36. The molecular formula is C11H18N4O3. The van der Waals surface area contributed by atoms with Crippen molar-refractivity contribution in [3.8, 4) is 0 Å². The zero-order valence-electron chi connectivity index (χ0n) is 10.4. The summed E-state index contributed by atoms with van der Waals surface area (Å²) >= 11 is 0. The van der Waals surface area contributed by atoms with E-state index in [2.05, 4.69) is 15.7 Å². The van der Waals surface area contributed by atoms with Crippen molar-refractivity contribution in [3.05, 3.63) is 12.4 Å². The van der Waals surface area contributed by atoms with Gasteiger partial charge in [-0.3, -0.25) is 4.68 Å². The van der Waals surface area contributed by atoms with Gasteiger partial charge in [0, 0.05) is 26.5 Å². The molecule has 1 atom stereocenters. The smallest absolute Gasteiger partial charge is 0.319 e. The van der Waals surface area contributed by atoms with Crippen LogP contribution in [0.5, 0.6) is 0 Å². The Kier molecular flexibility index (Phi) is 4.54. The number of hydrogen-bond acceptors (Lipinski definition) is 4. The van der Waals surface area contributed by atoms with Gasteiger partial charge >= 0.3 is 6.03 Å². The number of ether oxygens (including phenoxy) is 2. The van der Waals surface area contributed by atoms with E-state index in [9.17, 15) is 4.79 Å². The number of methoxy groups -OCH3 is 1. The molecule has 7 heteroatoms. The van der Waals surface area contributed by atoms with Crippen molar-refractivity contribution < 1.29 is 14.3 Å². The number of aromatic nitrogens is 2. The predicted molar refractivity (Wildman–Crippen MR) is 65.6 cm³/mol. The van der Waals surface area contributed by atoms with Gasteiger partial charge in [-0.2, -0.15) is 5.10 Å². The molecule has 2 rings (SSSR count). The molecule has 2 amide bonds. The van der Waals surface area contributed by atoms with Crippen molar-refractivity contribution in [3.63, 3.8) is 0 Å². The van der Waals surface area contributed by atoms with Gasteiger partial charge in [0.2, 0.25) is 0 Å². The Bertz CT molecular complexity index is 387. The summed E-state index contributed by atoms with van der Waals surface area (Å²) in [6.07, 6.45) is 4.41. The number of hydrogen-bond donors (Lipinski definition) is 2. The molecule has 0 aromatic carbocycles. The highest BCUT2D eigenvalue weighted by molar-refractivity contribution is 5.88. The van der Waals surface area contributed by atoms with Crippen LogP contribution in [-0.2, 0) is 9.47 Å². The number of carbonyl (C=O) groups is 1. The zero-order chi connectivity index (χ0) is 12.8. The highest BCUT2D eigenvalue weighted by Crippen LogP contribution is 2.19. The average molecular weight is 254 g/mol. The number of anilines is 1. The second-order valence-corrected chi connectivity index (χ2v) is 4.10. The minimum atomic E-state index is -0.255. The number of nitrogens with one attached hydrogen (secondary N) is 2. The molecule has 1 aliphatic heterocycles. The van der Waals surface area contributed by atoms with Crippen LogP contribution in [0.3, 0.4) is 0 Å². The van der Waals surface area contributed by atoms with Crippen molar-refractivity contribution in [2.45, 2.75) is 12.5 Å². The summed E-state index contributed by atoms with van der Waals surface area (Å²) in [6.45, 7) is 2.42. The summed E-state index contributed by atoms with van der Waals surface area (Å²) in [5, 5.41) is 9.61. The molecule has 0 bridgehead atoms. The van der Waals surface area contributed by atoms with E-state index >= 15 is 0 Å². The second-order valence-electron chi connectivity index (χ2n) is 4.10. The van der Waals surface area contributed by atoms with E-state index in [1.807, 2.05) is 10.9 Å². The Morgan fingerprint density at radius 3 is 3.33 bits per heavy atom. The van der Waals surface area contributed by atoms with Crippen LogP contribution >= 0.6 is 0 Å². The number of urea groups is 1. The number of amides is 2. The molecule has 1 aromatic rings. The van der Waals surface area contributed by atoms with Gasteiger partial charge in [0.1, 0.15) is 0 Å². The van der Waals surface area contributed by atoms with Crippen LogP contribution < -0.4 is 10.6 Å². The molecule has 2 heterocycles. The highest BCUT2D eigenvalue weighted by Gasteiger charge is 2.18. The molecule has 0 aliphatic carbocycles. The van der Waals surface area contributed by atoms with Crippen molar-refractivity contribution in [2.75, 3.05) is 38.8 Å². The van der Waals surface area contributed by atoms with Gasteiger partial charge in [-0.1, -0.05) is 0 Å². The molecular weight excluding hydrogens is 236 g/mol. The quantitative estimate of drug-likeness (QED) is 0.755. The first-order valence-electron chi connectivity index (χ1n) is 5.95. The molecule has 1 aromatic heterocycles. The third kappa shape index (κ3) is 3.44. The fourth-order valence-corrected chi connectivity index (χ4v) is 1.77. The molecule has 0 spiro atoms. The van der Waals surface area contributed by atoms with Gasteiger partial charge in [0.15, 0.2) is 0 Å². The topological polar surface area (TPSA) is 77.4 Å². The van der Waals surface area contributed by atoms with E-state index in [0.717, 1.165) is 13.0 Å². The van der Waals surface area contributed by atoms with E-state index in [1.54, 1.807) is 13.3 Å². The highest BCUT2D eigenvalue weighted by atomic mass is 16.5. The summed E-state index contributed by atoms with van der Waals surface area (Å²) in [4.78, 5) is 11.5. The van der Waals surface area contributed by atoms with Crippen molar-refractivity contribution in [1.29, 1.82) is 0 Å². The Morgan fingerprint density at radius 1 is 1.72 bits per heavy atom. The first-order chi connectivity index (χ1) is 8.79. The monoisotopic (exact) mass is 254 g/mol. The predicted octanol–water partition coefficient (Wildman–Crippen LogP) is 0.612. The zero-order valence-corrected chi connectivity index (χ0v) is 10.4. The summed E-state index contributed by atoms with van der Waals surface area (Å²) in [7, 11) is 1.59. The molecule has 7 nitrogen and oxygen atoms in total. The minimum absolute atomic E-state index is 0.255. The van der Waals surface area contributed by atoms with Crippen molar-refractivity contribution >= 4 is 11.7 Å². The maximum absolute atomic E-state index is 11.5. The molecule has 18 heavy (non-hydrogen) atoms. The van der Waals surface area contributed by atoms with E-state index in [4.69, 9.17) is 9.47 Å². The lowest BCUT2D eigenvalue weighted by molar-refractivity contribution is 0.184. The minimum Gasteiger partial charge on any atom is -0.383 e. The largest absolute Gasteiger partial charge is 0.383 e. The standard InChI is InChI=1S/C11H18N4O3/c1-17-5-3-12-11(16)14-9-6-13-15(7-9)10-2-4-18-8-10/h6-7,10H,2-5,8H2,1H3,(H2,12,14,16). The van der Waals surface area contributed by atoms with Crippen molar-refractivity contribution in [1.82, 2.24) is 15.1 Å². The van der Waals surface area contributed by atoms with E-state index in [1.165, 1.54) is 0 Å². The third-order valence-corrected chi connectivity index (χ3v) is 2.73. The van der Waals surface area contributed by atoms with Gasteiger partial charge in [-0.25, -0.2) is 4.79 Å². The fourth-order valence-electron chi connectivity index (χ4n) is 1.77. The van der Waals surface area contributed by atoms with Crippen LogP contribution in [0, 0.1) is 0 Å². The molecule has 0 saturated carbocycles. The SMILES string of the molecule is COCCNC(=O)Nc1cnn(C2CCOC2)c1. The average Bonchev–Trinajstić information content (AvgIpc) is 2.98. The fraction of sp³-hybridized carbons (Fsp3) is 0.636.